The first-order chi connectivity index (χ1) is 19.0. The lowest BCUT2D eigenvalue weighted by atomic mass is 9.98. The number of ether oxygens (including phenoxy) is 1. The fraction of sp³-hybridized carbons (Fsp3) is 0.333. The topological polar surface area (TPSA) is 54.1 Å². The lowest BCUT2D eigenvalue weighted by Gasteiger charge is -2.33. The minimum Gasteiger partial charge on any atom is -0.490 e. The summed E-state index contributed by atoms with van der Waals surface area (Å²) in [4.78, 5) is 7.41. The van der Waals surface area contributed by atoms with E-state index in [2.05, 4.69) is 46.1 Å². The number of hydrogen-bond acceptors (Lipinski definition) is 4. The van der Waals surface area contributed by atoms with Crippen LogP contribution in [-0.2, 0) is 6.54 Å². The van der Waals surface area contributed by atoms with Crippen molar-refractivity contribution in [1.29, 1.82) is 5.41 Å². The summed E-state index contributed by atoms with van der Waals surface area (Å²) in [6.07, 6.45) is 9.26. The number of benzene rings is 3. The van der Waals surface area contributed by atoms with Gasteiger partial charge in [-0.25, -0.2) is 9.37 Å². The molecule has 2 aliphatic rings. The molecule has 5 nitrogen and oxygen atoms in total. The van der Waals surface area contributed by atoms with Gasteiger partial charge in [0.05, 0.1) is 16.7 Å². The Balaban J connectivity index is 0.000000983. The zero-order valence-electron chi connectivity index (χ0n) is 22.7. The average Bonchev–Trinajstić information content (AvgIpc) is 3.69. The standard InChI is InChI=1S/C30H31FN4O.C3H4/c1-20-17-25(11-12-26(20)29(32)22-5-4-6-23(31)18-22)36-24-13-15-34(16-14-24)30-33-27-7-2-3-8-28(27)35(30)19-21-9-10-21;1-3-2/h2-8,11-12,17-18,21,24,32H,9-10,13-16,19H2,1H3;1H,2H3. The Kier molecular flexibility index (Phi) is 7.97. The highest BCUT2D eigenvalue weighted by Gasteiger charge is 2.28. The Morgan fingerprint density at radius 1 is 1.05 bits per heavy atom. The second-order valence-corrected chi connectivity index (χ2v) is 10.4. The Bertz CT molecular complexity index is 1510. The second-order valence-electron chi connectivity index (χ2n) is 10.4. The predicted molar refractivity (Wildman–Crippen MR) is 156 cm³/mol. The number of para-hydroxylation sites is 2. The zero-order valence-corrected chi connectivity index (χ0v) is 22.7. The summed E-state index contributed by atoms with van der Waals surface area (Å²) in [6.45, 7) is 6.52. The maximum atomic E-state index is 13.6. The summed E-state index contributed by atoms with van der Waals surface area (Å²) in [7, 11) is 0. The van der Waals surface area contributed by atoms with Crippen molar-refractivity contribution in [2.75, 3.05) is 18.0 Å². The number of hydrogen-bond donors (Lipinski definition) is 1. The normalized spacial score (nSPS) is 15.4. The van der Waals surface area contributed by atoms with Gasteiger partial charge < -0.3 is 14.2 Å². The number of fused-ring (bicyclic) bond motifs is 1. The van der Waals surface area contributed by atoms with Crippen LogP contribution in [0.2, 0.25) is 0 Å². The van der Waals surface area contributed by atoms with E-state index >= 15 is 0 Å². The van der Waals surface area contributed by atoms with Crippen molar-refractivity contribution in [2.45, 2.75) is 52.2 Å². The van der Waals surface area contributed by atoms with E-state index in [4.69, 9.17) is 15.1 Å². The molecule has 1 saturated carbocycles. The Morgan fingerprint density at radius 2 is 1.79 bits per heavy atom. The Labute approximate surface area is 230 Å². The van der Waals surface area contributed by atoms with Crippen LogP contribution in [0.5, 0.6) is 5.75 Å². The number of rotatable bonds is 7. The molecule has 0 radical (unpaired) electrons. The largest absolute Gasteiger partial charge is 0.490 e. The molecule has 200 valence electrons. The molecule has 0 amide bonds. The minimum atomic E-state index is -0.329. The molecule has 1 saturated heterocycles. The van der Waals surface area contributed by atoms with Gasteiger partial charge in [-0.1, -0.05) is 24.3 Å². The van der Waals surface area contributed by atoms with Crippen molar-refractivity contribution in [2.24, 2.45) is 5.92 Å². The maximum absolute atomic E-state index is 13.6. The molecule has 1 aliphatic carbocycles. The number of anilines is 1. The molecule has 1 aliphatic heterocycles. The number of imidazole rings is 1. The van der Waals surface area contributed by atoms with Crippen LogP contribution in [0.3, 0.4) is 0 Å². The first-order valence-electron chi connectivity index (χ1n) is 13.7. The van der Waals surface area contributed by atoms with Crippen LogP contribution in [0.4, 0.5) is 10.3 Å². The van der Waals surface area contributed by atoms with Crippen molar-refractivity contribution >= 4 is 22.7 Å². The molecule has 2 heterocycles. The number of nitrogens with zero attached hydrogens (tertiary/aromatic N) is 3. The van der Waals surface area contributed by atoms with Gasteiger partial charge in [-0.2, -0.15) is 0 Å². The average molecular weight is 523 g/mol. The smallest absolute Gasteiger partial charge is 0.206 e. The van der Waals surface area contributed by atoms with Gasteiger partial charge in [-0.15, -0.1) is 12.3 Å². The van der Waals surface area contributed by atoms with Crippen molar-refractivity contribution in [3.63, 3.8) is 0 Å². The molecular formula is C33H35FN4O. The van der Waals surface area contributed by atoms with Crippen LogP contribution < -0.4 is 9.64 Å². The van der Waals surface area contributed by atoms with Crippen LogP contribution in [0.15, 0.2) is 66.7 Å². The van der Waals surface area contributed by atoms with Crippen LogP contribution in [0.25, 0.3) is 11.0 Å². The third-order valence-electron chi connectivity index (χ3n) is 7.38. The summed E-state index contributed by atoms with van der Waals surface area (Å²) < 4.78 is 22.4. The van der Waals surface area contributed by atoms with Gasteiger partial charge in [0, 0.05) is 43.6 Å². The van der Waals surface area contributed by atoms with Gasteiger partial charge in [0.2, 0.25) is 5.95 Å². The molecule has 0 atom stereocenters. The van der Waals surface area contributed by atoms with E-state index in [1.165, 1.54) is 30.5 Å². The minimum absolute atomic E-state index is 0.149. The highest BCUT2D eigenvalue weighted by atomic mass is 19.1. The SMILES string of the molecule is C#CC.Cc1cc(OC2CCN(c3nc4ccccc4n3CC3CC3)CC2)ccc1C(=N)c1cccc(F)c1. The maximum Gasteiger partial charge on any atom is 0.206 e. The van der Waals surface area contributed by atoms with E-state index in [0.717, 1.165) is 66.7 Å². The molecule has 0 spiro atoms. The van der Waals surface area contributed by atoms with Crippen molar-refractivity contribution in [3.05, 3.63) is 89.2 Å². The van der Waals surface area contributed by atoms with Crippen molar-refractivity contribution < 1.29 is 9.13 Å². The van der Waals surface area contributed by atoms with Crippen LogP contribution in [0.1, 0.15) is 49.3 Å². The fourth-order valence-corrected chi connectivity index (χ4v) is 5.20. The molecule has 2 fully saturated rings. The van der Waals surface area contributed by atoms with Gasteiger partial charge in [-0.05, 0) is 80.6 Å². The molecule has 6 heteroatoms. The van der Waals surface area contributed by atoms with E-state index in [0.29, 0.717) is 11.3 Å². The van der Waals surface area contributed by atoms with Crippen LogP contribution in [0, 0.1) is 36.4 Å². The second kappa shape index (κ2) is 11.7. The molecule has 4 aromatic rings. The van der Waals surface area contributed by atoms with E-state index in [1.54, 1.807) is 19.1 Å². The highest BCUT2D eigenvalue weighted by Crippen LogP contribution is 2.35. The number of aromatic nitrogens is 2. The predicted octanol–water partition coefficient (Wildman–Crippen LogP) is 7.00. The Morgan fingerprint density at radius 3 is 2.49 bits per heavy atom. The van der Waals surface area contributed by atoms with Crippen molar-refractivity contribution in [1.82, 2.24) is 9.55 Å². The zero-order chi connectivity index (χ0) is 27.4. The first kappa shape index (κ1) is 26.5. The van der Waals surface area contributed by atoms with E-state index in [-0.39, 0.29) is 11.9 Å². The molecule has 6 rings (SSSR count). The molecule has 0 unspecified atom stereocenters. The van der Waals surface area contributed by atoms with Crippen LogP contribution in [-0.4, -0.2) is 34.5 Å². The lowest BCUT2D eigenvalue weighted by molar-refractivity contribution is 0.170. The van der Waals surface area contributed by atoms with E-state index in [1.807, 2.05) is 25.1 Å². The highest BCUT2D eigenvalue weighted by molar-refractivity contribution is 6.11. The quantitative estimate of drug-likeness (QED) is 0.210. The summed E-state index contributed by atoms with van der Waals surface area (Å²) in [5.74, 6) is 4.63. The van der Waals surface area contributed by atoms with Gasteiger partial charge >= 0.3 is 0 Å². The van der Waals surface area contributed by atoms with Gasteiger partial charge in [0.15, 0.2) is 0 Å². The molecule has 0 bridgehead atoms. The van der Waals surface area contributed by atoms with Gasteiger partial charge in [0.25, 0.3) is 0 Å². The lowest BCUT2D eigenvalue weighted by Crippen LogP contribution is -2.39. The number of terminal acetylenes is 1. The molecule has 1 aromatic heterocycles. The summed E-state index contributed by atoms with van der Waals surface area (Å²) in [5, 5.41) is 8.52. The summed E-state index contributed by atoms with van der Waals surface area (Å²) in [6, 6.07) is 20.5. The van der Waals surface area contributed by atoms with Crippen molar-refractivity contribution in [3.8, 4) is 18.1 Å². The summed E-state index contributed by atoms with van der Waals surface area (Å²) >= 11 is 0. The molecule has 3 aromatic carbocycles. The van der Waals surface area contributed by atoms with Gasteiger partial charge in [0.1, 0.15) is 17.7 Å². The first-order valence-corrected chi connectivity index (χ1v) is 13.7. The molecule has 1 N–H and O–H groups in total. The number of nitrogens with one attached hydrogen (secondary N) is 1. The number of aryl methyl sites for hydroxylation is 1. The van der Waals surface area contributed by atoms with E-state index in [9.17, 15) is 4.39 Å². The molecular weight excluding hydrogens is 487 g/mol. The van der Waals surface area contributed by atoms with E-state index < -0.39 is 0 Å². The monoisotopic (exact) mass is 522 g/mol. The Hall–Kier alpha value is -4.11. The summed E-state index contributed by atoms with van der Waals surface area (Å²) in [5.41, 5.74) is 4.95. The third-order valence-corrected chi connectivity index (χ3v) is 7.38. The third kappa shape index (κ3) is 6.15. The van der Waals surface area contributed by atoms with Gasteiger partial charge in [-0.3, -0.25) is 5.41 Å². The fourth-order valence-electron chi connectivity index (χ4n) is 5.20. The number of halogens is 1. The molecule has 39 heavy (non-hydrogen) atoms. The number of piperidine rings is 1. The van der Waals surface area contributed by atoms with Crippen LogP contribution >= 0.6 is 0 Å².